The molecule has 0 saturated carbocycles. The maximum absolute atomic E-state index is 8.04. The van der Waals surface area contributed by atoms with Crippen LogP contribution in [0.2, 0.25) is 0 Å². The van der Waals surface area contributed by atoms with Crippen molar-refractivity contribution in [2.24, 2.45) is 0 Å². The van der Waals surface area contributed by atoms with Gasteiger partial charge in [0, 0.05) is 13.1 Å². The Morgan fingerprint density at radius 1 is 1.22 bits per heavy atom. The van der Waals surface area contributed by atoms with E-state index < -0.39 is 0 Å². The van der Waals surface area contributed by atoms with Crippen molar-refractivity contribution in [1.29, 1.82) is 0 Å². The highest BCUT2D eigenvalue weighted by atomic mass is 16.5. The average molecular weight is 244 g/mol. The number of ether oxygens (including phenoxy) is 1. The molecule has 0 radical (unpaired) electrons. The van der Waals surface area contributed by atoms with Crippen molar-refractivity contribution >= 4 is 16.9 Å². The van der Waals surface area contributed by atoms with Gasteiger partial charge in [0.05, 0.1) is 31.3 Å². The minimum atomic E-state index is 0.442. The quantitative estimate of drug-likeness (QED) is 0.770. The third-order valence-electron chi connectivity index (χ3n) is 3.18. The van der Waals surface area contributed by atoms with E-state index in [2.05, 4.69) is 14.9 Å². The summed E-state index contributed by atoms with van der Waals surface area (Å²) < 4.78 is 13.4. The van der Waals surface area contributed by atoms with E-state index in [1.54, 1.807) is 0 Å². The minimum absolute atomic E-state index is 0.442. The van der Waals surface area contributed by atoms with Crippen molar-refractivity contribution in [1.82, 2.24) is 9.97 Å². The molecule has 0 N–H and O–H groups in total. The number of morpholine rings is 1. The van der Waals surface area contributed by atoms with E-state index in [-0.39, 0.29) is 0 Å². The normalized spacial score (nSPS) is 17.0. The minimum Gasteiger partial charge on any atom is -0.378 e. The smallest absolute Gasteiger partial charge is 0.150 e. The van der Waals surface area contributed by atoms with Gasteiger partial charge in [-0.3, -0.25) is 0 Å². The molecule has 4 heteroatoms. The third-order valence-corrected chi connectivity index (χ3v) is 3.18. The molecule has 0 aliphatic carbocycles. The summed E-state index contributed by atoms with van der Waals surface area (Å²) in [6.45, 7) is 7.07. The molecule has 4 nitrogen and oxygen atoms in total. The van der Waals surface area contributed by atoms with Crippen molar-refractivity contribution in [2.75, 3.05) is 31.2 Å². The zero-order valence-electron chi connectivity index (χ0n) is 11.7. The Morgan fingerprint density at radius 2 is 2.00 bits per heavy atom. The van der Waals surface area contributed by atoms with Gasteiger partial charge in [0.1, 0.15) is 0 Å². The highest BCUT2D eigenvalue weighted by Crippen LogP contribution is 2.21. The zero-order valence-corrected chi connectivity index (χ0v) is 10.7. The molecule has 0 bridgehead atoms. The lowest BCUT2D eigenvalue weighted by atomic mass is 10.2. The van der Waals surface area contributed by atoms with E-state index in [0.717, 1.165) is 48.9 Å². The van der Waals surface area contributed by atoms with Gasteiger partial charge in [-0.15, -0.1) is 0 Å². The van der Waals surface area contributed by atoms with Gasteiger partial charge in [-0.05, 0) is 31.5 Å². The first kappa shape index (κ1) is 10.3. The maximum Gasteiger partial charge on any atom is 0.150 e. The predicted octanol–water partition coefficient (Wildman–Crippen LogP) is 2.08. The summed E-state index contributed by atoms with van der Waals surface area (Å²) in [6, 6.07) is 4.25. The molecule has 1 aromatic carbocycles. The Balaban J connectivity index is 2.12. The molecule has 0 amide bonds. The van der Waals surface area contributed by atoms with Gasteiger partial charge in [-0.2, -0.15) is 0 Å². The van der Waals surface area contributed by atoms with Gasteiger partial charge in [-0.1, -0.05) is 6.07 Å². The summed E-state index contributed by atoms with van der Waals surface area (Å²) in [5.41, 5.74) is 3.45. The summed E-state index contributed by atoms with van der Waals surface area (Å²) in [5.74, 6) is 0.883. The monoisotopic (exact) mass is 244 g/mol. The van der Waals surface area contributed by atoms with Gasteiger partial charge in [-0.25, -0.2) is 9.97 Å². The highest BCUT2D eigenvalue weighted by Gasteiger charge is 2.16. The fourth-order valence-corrected chi connectivity index (χ4v) is 2.25. The second-order valence-electron chi connectivity index (χ2n) is 4.64. The Bertz CT molecular complexity index is 624. The molecule has 0 spiro atoms. The van der Waals surface area contributed by atoms with Gasteiger partial charge in [0.2, 0.25) is 0 Å². The number of anilines is 1. The molecule has 1 aliphatic rings. The number of nitrogens with zero attached hydrogens (tertiary/aromatic N) is 3. The molecular formula is C14H17N3O. The predicted molar refractivity (Wildman–Crippen MR) is 72.0 cm³/mol. The van der Waals surface area contributed by atoms with Crippen LogP contribution in [-0.2, 0) is 4.74 Å². The van der Waals surface area contributed by atoms with Gasteiger partial charge in [0.25, 0.3) is 0 Å². The Hall–Kier alpha value is -1.68. The summed E-state index contributed by atoms with van der Waals surface area (Å²) in [4.78, 5) is 11.5. The van der Waals surface area contributed by atoms with Crippen LogP contribution in [0, 0.1) is 13.8 Å². The van der Waals surface area contributed by atoms with Gasteiger partial charge in [0.15, 0.2) is 5.82 Å². The summed E-state index contributed by atoms with van der Waals surface area (Å²) in [5, 5.41) is 0. The Labute approximate surface area is 108 Å². The average Bonchev–Trinajstić information content (AvgIpc) is 2.38. The summed E-state index contributed by atoms with van der Waals surface area (Å²) >= 11 is 0. The lowest BCUT2D eigenvalue weighted by molar-refractivity contribution is 0.122. The Kier molecular flexibility index (Phi) is 2.59. The Morgan fingerprint density at radius 3 is 2.78 bits per heavy atom. The molecule has 94 valence electrons. The van der Waals surface area contributed by atoms with E-state index in [1.807, 2.05) is 26.0 Å². The molecule has 1 aromatic heterocycles. The number of rotatable bonds is 1. The molecule has 0 atom stereocenters. The van der Waals surface area contributed by atoms with E-state index in [1.165, 1.54) is 0 Å². The molecule has 0 unspecified atom stereocenters. The number of aromatic nitrogens is 2. The maximum atomic E-state index is 8.04. The van der Waals surface area contributed by atoms with Crippen molar-refractivity contribution in [2.45, 2.75) is 13.8 Å². The lowest BCUT2D eigenvalue weighted by Crippen LogP contribution is -2.37. The number of benzene rings is 1. The first-order valence-electron chi connectivity index (χ1n) is 6.73. The fourth-order valence-electron chi connectivity index (χ4n) is 2.25. The second kappa shape index (κ2) is 4.53. The van der Waals surface area contributed by atoms with Crippen LogP contribution >= 0.6 is 0 Å². The lowest BCUT2D eigenvalue weighted by Gasteiger charge is -2.28. The highest BCUT2D eigenvalue weighted by molar-refractivity contribution is 5.77. The summed E-state index contributed by atoms with van der Waals surface area (Å²) in [7, 11) is 0. The van der Waals surface area contributed by atoms with Crippen LogP contribution < -0.4 is 4.90 Å². The van der Waals surface area contributed by atoms with Crippen molar-refractivity contribution in [3.05, 3.63) is 29.4 Å². The molecule has 1 fully saturated rings. The van der Waals surface area contributed by atoms with Crippen LogP contribution in [-0.4, -0.2) is 36.3 Å². The largest absolute Gasteiger partial charge is 0.378 e. The standard InChI is InChI=1S/C14H17N3O/c1-10-3-4-12-13(9-10)15-11(2)14(16-12)17-5-7-18-8-6-17/h3-4,9H,5-8H2,1-2H3/i4D. The van der Waals surface area contributed by atoms with E-state index in [9.17, 15) is 0 Å². The van der Waals surface area contributed by atoms with Crippen LogP contribution in [0.3, 0.4) is 0 Å². The van der Waals surface area contributed by atoms with Crippen molar-refractivity contribution in [3.63, 3.8) is 0 Å². The molecule has 1 aliphatic heterocycles. The fraction of sp³-hybridized carbons (Fsp3) is 0.429. The van der Waals surface area contributed by atoms with Crippen LogP contribution in [0.5, 0.6) is 0 Å². The SMILES string of the molecule is [2H]c1cc(C)cc2nc(C)c(N3CCOCC3)nc12. The van der Waals surface area contributed by atoms with Crippen LogP contribution in [0.4, 0.5) is 5.82 Å². The first-order chi connectivity index (χ1) is 9.15. The molecule has 3 rings (SSSR count). The molecule has 2 aromatic rings. The van der Waals surface area contributed by atoms with Crippen LogP contribution in [0.25, 0.3) is 11.0 Å². The number of hydrogen-bond acceptors (Lipinski definition) is 4. The second-order valence-corrected chi connectivity index (χ2v) is 4.64. The molecule has 18 heavy (non-hydrogen) atoms. The van der Waals surface area contributed by atoms with Gasteiger partial charge >= 0.3 is 0 Å². The number of fused-ring (bicyclic) bond motifs is 1. The van der Waals surface area contributed by atoms with Gasteiger partial charge < -0.3 is 9.64 Å². The van der Waals surface area contributed by atoms with E-state index in [0.29, 0.717) is 11.6 Å². The molecule has 1 saturated heterocycles. The third kappa shape index (κ3) is 2.04. The van der Waals surface area contributed by atoms with Crippen LogP contribution in [0.1, 0.15) is 12.6 Å². The summed E-state index contributed by atoms with van der Waals surface area (Å²) in [6.07, 6.45) is 0. The molecule has 2 heterocycles. The first-order valence-corrected chi connectivity index (χ1v) is 6.23. The van der Waals surface area contributed by atoms with Crippen molar-refractivity contribution in [3.8, 4) is 0 Å². The number of aryl methyl sites for hydroxylation is 2. The van der Waals surface area contributed by atoms with Crippen molar-refractivity contribution < 1.29 is 6.11 Å². The molecular weight excluding hydrogens is 226 g/mol. The van der Waals surface area contributed by atoms with Crippen LogP contribution in [0.15, 0.2) is 18.2 Å². The topological polar surface area (TPSA) is 38.2 Å². The number of hydrogen-bond donors (Lipinski definition) is 0. The van der Waals surface area contributed by atoms with E-state index >= 15 is 0 Å². The van der Waals surface area contributed by atoms with E-state index in [4.69, 9.17) is 6.11 Å². The zero-order chi connectivity index (χ0) is 13.4.